The zero-order valence-electron chi connectivity index (χ0n) is 12.4. The molecule has 1 aromatic rings. The highest BCUT2D eigenvalue weighted by molar-refractivity contribution is 5.97. The molecule has 0 aromatic heterocycles. The summed E-state index contributed by atoms with van der Waals surface area (Å²) in [7, 11) is 0. The van der Waals surface area contributed by atoms with Crippen LogP contribution in [0.3, 0.4) is 0 Å². The van der Waals surface area contributed by atoms with Gasteiger partial charge in [-0.1, -0.05) is 37.3 Å². The van der Waals surface area contributed by atoms with Gasteiger partial charge in [0.25, 0.3) is 5.91 Å². The second kappa shape index (κ2) is 6.45. The van der Waals surface area contributed by atoms with Crippen molar-refractivity contribution in [3.63, 3.8) is 0 Å². The van der Waals surface area contributed by atoms with Crippen molar-refractivity contribution in [2.24, 2.45) is 0 Å². The van der Waals surface area contributed by atoms with Gasteiger partial charge in [-0.15, -0.1) is 12.3 Å². The van der Waals surface area contributed by atoms with Crippen molar-refractivity contribution in [2.75, 3.05) is 0 Å². The highest BCUT2D eigenvalue weighted by Crippen LogP contribution is 2.26. The summed E-state index contributed by atoms with van der Waals surface area (Å²) in [6.45, 7) is 3.79. The first-order valence-electron chi connectivity index (χ1n) is 7.21. The van der Waals surface area contributed by atoms with Crippen LogP contribution in [0, 0.1) is 12.3 Å². The molecular formula is C17H20N2O2. The number of nitrogens with one attached hydrogen (secondary N) is 1. The monoisotopic (exact) mass is 284 g/mol. The van der Waals surface area contributed by atoms with Crippen molar-refractivity contribution in [3.05, 3.63) is 35.9 Å². The van der Waals surface area contributed by atoms with Crippen molar-refractivity contribution < 1.29 is 9.59 Å². The van der Waals surface area contributed by atoms with E-state index in [1.165, 1.54) is 0 Å². The number of terminal acetylenes is 1. The Morgan fingerprint density at radius 1 is 1.33 bits per heavy atom. The first-order valence-corrected chi connectivity index (χ1v) is 7.21. The molecule has 0 aliphatic carbocycles. The number of amides is 2. The summed E-state index contributed by atoms with van der Waals surface area (Å²) in [6.07, 6.45) is 6.38. The van der Waals surface area contributed by atoms with Gasteiger partial charge in [0.1, 0.15) is 12.1 Å². The Labute approximate surface area is 125 Å². The van der Waals surface area contributed by atoms with E-state index in [-0.39, 0.29) is 17.9 Å². The van der Waals surface area contributed by atoms with Crippen LogP contribution < -0.4 is 5.32 Å². The van der Waals surface area contributed by atoms with Crippen LogP contribution in [0.2, 0.25) is 0 Å². The standard InChI is InChI=1S/C17H20N2O2/c1-4-9-12(3)19-14(5-2)16(20)18-15(17(19)21)13-10-7-6-8-11-13/h1,6-8,10-12,14-15H,5,9H2,2-3H3,(H,18,20). The lowest BCUT2D eigenvalue weighted by atomic mass is 9.97. The third-order valence-electron chi connectivity index (χ3n) is 3.83. The lowest BCUT2D eigenvalue weighted by molar-refractivity contribution is -0.152. The van der Waals surface area contributed by atoms with Crippen LogP contribution in [0.4, 0.5) is 0 Å². The van der Waals surface area contributed by atoms with Crippen LogP contribution in [0.25, 0.3) is 0 Å². The fourth-order valence-corrected chi connectivity index (χ4v) is 2.78. The summed E-state index contributed by atoms with van der Waals surface area (Å²) in [4.78, 5) is 26.8. The normalized spacial score (nSPS) is 23.4. The third kappa shape index (κ3) is 2.92. The van der Waals surface area contributed by atoms with E-state index in [1.807, 2.05) is 44.2 Å². The van der Waals surface area contributed by atoms with Crippen LogP contribution >= 0.6 is 0 Å². The molecule has 3 atom stereocenters. The average molecular weight is 284 g/mol. The number of carbonyl (C=O) groups excluding carboxylic acids is 2. The molecule has 1 N–H and O–H groups in total. The number of hydrogen-bond donors (Lipinski definition) is 1. The molecule has 0 bridgehead atoms. The van der Waals surface area contributed by atoms with E-state index in [0.29, 0.717) is 12.8 Å². The Kier molecular flexibility index (Phi) is 4.64. The number of nitrogens with zero attached hydrogens (tertiary/aromatic N) is 1. The van der Waals surface area contributed by atoms with Crippen LogP contribution in [0.1, 0.15) is 38.3 Å². The lowest BCUT2D eigenvalue weighted by Gasteiger charge is -2.41. The Morgan fingerprint density at radius 2 is 2.00 bits per heavy atom. The topological polar surface area (TPSA) is 49.4 Å². The second-order valence-corrected chi connectivity index (χ2v) is 5.28. The fraction of sp³-hybridized carbons (Fsp3) is 0.412. The van der Waals surface area contributed by atoms with Crippen molar-refractivity contribution >= 4 is 11.8 Å². The summed E-state index contributed by atoms with van der Waals surface area (Å²) in [6, 6.07) is 8.07. The third-order valence-corrected chi connectivity index (χ3v) is 3.83. The minimum atomic E-state index is -0.623. The van der Waals surface area contributed by atoms with E-state index in [9.17, 15) is 9.59 Å². The number of rotatable bonds is 4. The quantitative estimate of drug-likeness (QED) is 0.858. The van der Waals surface area contributed by atoms with Gasteiger partial charge in [-0.25, -0.2) is 0 Å². The molecule has 1 fully saturated rings. The van der Waals surface area contributed by atoms with Crippen molar-refractivity contribution in [2.45, 2.75) is 44.8 Å². The Morgan fingerprint density at radius 3 is 2.57 bits per heavy atom. The Balaban J connectivity index is 2.34. The molecule has 1 saturated heterocycles. The largest absolute Gasteiger partial charge is 0.339 e. The first kappa shape index (κ1) is 15.1. The van der Waals surface area contributed by atoms with Crippen molar-refractivity contribution in [3.8, 4) is 12.3 Å². The van der Waals surface area contributed by atoms with Gasteiger partial charge in [-0.3, -0.25) is 9.59 Å². The molecule has 4 nitrogen and oxygen atoms in total. The van der Waals surface area contributed by atoms with Gasteiger partial charge >= 0.3 is 0 Å². The molecule has 1 aliphatic rings. The van der Waals surface area contributed by atoms with Crippen molar-refractivity contribution in [1.29, 1.82) is 0 Å². The maximum atomic E-state index is 12.8. The fourth-order valence-electron chi connectivity index (χ4n) is 2.78. The minimum absolute atomic E-state index is 0.0876. The molecule has 4 heteroatoms. The van der Waals surface area contributed by atoms with Crippen LogP contribution in [-0.4, -0.2) is 28.8 Å². The summed E-state index contributed by atoms with van der Waals surface area (Å²) >= 11 is 0. The van der Waals surface area contributed by atoms with E-state index in [2.05, 4.69) is 11.2 Å². The summed E-state index contributed by atoms with van der Waals surface area (Å²) < 4.78 is 0. The molecule has 110 valence electrons. The zero-order valence-corrected chi connectivity index (χ0v) is 12.4. The molecule has 1 aliphatic heterocycles. The number of hydrogen-bond acceptors (Lipinski definition) is 2. The van der Waals surface area contributed by atoms with Gasteiger partial charge in [-0.2, -0.15) is 0 Å². The molecular weight excluding hydrogens is 264 g/mol. The van der Waals surface area contributed by atoms with Crippen LogP contribution in [0.15, 0.2) is 30.3 Å². The lowest BCUT2D eigenvalue weighted by Crippen LogP contribution is -2.61. The van der Waals surface area contributed by atoms with E-state index < -0.39 is 12.1 Å². The van der Waals surface area contributed by atoms with Crippen LogP contribution in [-0.2, 0) is 9.59 Å². The molecule has 2 amide bonds. The van der Waals surface area contributed by atoms with Gasteiger partial charge < -0.3 is 10.2 Å². The SMILES string of the molecule is C#CCC(C)N1C(=O)C(c2ccccc2)NC(=O)C1CC. The number of piperazine rings is 1. The van der Waals surface area contributed by atoms with Crippen LogP contribution in [0.5, 0.6) is 0 Å². The predicted molar refractivity (Wildman–Crippen MR) is 81.2 cm³/mol. The molecule has 1 aromatic carbocycles. The Hall–Kier alpha value is -2.28. The summed E-state index contributed by atoms with van der Waals surface area (Å²) in [5.41, 5.74) is 0.795. The smallest absolute Gasteiger partial charge is 0.250 e. The molecule has 0 radical (unpaired) electrons. The summed E-state index contributed by atoms with van der Waals surface area (Å²) in [5, 5.41) is 2.83. The van der Waals surface area contributed by atoms with Gasteiger partial charge in [0, 0.05) is 12.5 Å². The molecule has 0 saturated carbocycles. The first-order chi connectivity index (χ1) is 10.1. The van der Waals surface area contributed by atoms with Gasteiger partial charge in [0.15, 0.2) is 0 Å². The number of benzene rings is 1. The van der Waals surface area contributed by atoms with Gasteiger partial charge in [0.05, 0.1) is 0 Å². The maximum Gasteiger partial charge on any atom is 0.250 e. The molecule has 21 heavy (non-hydrogen) atoms. The van der Waals surface area contributed by atoms with Crippen molar-refractivity contribution in [1.82, 2.24) is 10.2 Å². The highest BCUT2D eigenvalue weighted by atomic mass is 16.2. The molecule has 1 heterocycles. The zero-order chi connectivity index (χ0) is 15.4. The van der Waals surface area contributed by atoms with Gasteiger partial charge in [0.2, 0.25) is 5.91 Å². The molecule has 0 spiro atoms. The second-order valence-electron chi connectivity index (χ2n) is 5.28. The average Bonchev–Trinajstić information content (AvgIpc) is 2.49. The summed E-state index contributed by atoms with van der Waals surface area (Å²) in [5.74, 6) is 2.37. The van der Waals surface area contributed by atoms with E-state index in [4.69, 9.17) is 6.42 Å². The minimum Gasteiger partial charge on any atom is -0.339 e. The Bertz CT molecular complexity index is 562. The van der Waals surface area contributed by atoms with E-state index in [1.54, 1.807) is 4.90 Å². The van der Waals surface area contributed by atoms with E-state index >= 15 is 0 Å². The molecule has 2 rings (SSSR count). The number of carbonyl (C=O) groups is 2. The maximum absolute atomic E-state index is 12.8. The molecule has 3 unspecified atom stereocenters. The predicted octanol–water partition coefficient (Wildman–Crippen LogP) is 1.88. The highest BCUT2D eigenvalue weighted by Gasteiger charge is 2.42. The van der Waals surface area contributed by atoms with Gasteiger partial charge in [-0.05, 0) is 18.9 Å². The van der Waals surface area contributed by atoms with E-state index in [0.717, 1.165) is 5.56 Å².